The topological polar surface area (TPSA) is 49.3 Å². The molecule has 1 rings (SSSR count). The van der Waals surface area contributed by atoms with Gasteiger partial charge in [0.05, 0.1) is 6.10 Å². The highest BCUT2D eigenvalue weighted by atomic mass is 32.1. The first-order valence-electron chi connectivity index (χ1n) is 5.75. The third-order valence-corrected chi connectivity index (χ3v) is 3.15. The average molecular weight is 253 g/mol. The van der Waals surface area contributed by atoms with Crippen molar-refractivity contribution in [2.24, 2.45) is 5.92 Å². The summed E-state index contributed by atoms with van der Waals surface area (Å²) < 4.78 is 0. The van der Waals surface area contributed by atoms with Crippen LogP contribution >= 0.6 is 11.3 Å². The molecule has 0 aliphatic rings. The van der Waals surface area contributed by atoms with Crippen LogP contribution in [-0.2, 0) is 4.79 Å². The second kappa shape index (κ2) is 7.25. The predicted molar refractivity (Wildman–Crippen MR) is 71.8 cm³/mol. The second-order valence-corrected chi connectivity index (χ2v) is 5.26. The van der Waals surface area contributed by atoms with E-state index in [-0.39, 0.29) is 17.9 Å². The van der Waals surface area contributed by atoms with Crippen molar-refractivity contribution in [2.75, 3.05) is 6.54 Å². The molecule has 0 spiro atoms. The smallest absolute Gasteiger partial charge is 0.244 e. The van der Waals surface area contributed by atoms with E-state index in [0.717, 1.165) is 4.88 Å². The number of hydrogen-bond donors (Lipinski definition) is 2. The van der Waals surface area contributed by atoms with Gasteiger partial charge in [-0.05, 0) is 36.8 Å². The van der Waals surface area contributed by atoms with Crippen LogP contribution in [0.3, 0.4) is 0 Å². The minimum atomic E-state index is -0.316. The third-order valence-electron chi connectivity index (χ3n) is 2.31. The summed E-state index contributed by atoms with van der Waals surface area (Å²) in [6, 6.07) is 3.91. The number of carbonyl (C=O) groups excluding carboxylic acids is 1. The van der Waals surface area contributed by atoms with Crippen molar-refractivity contribution < 1.29 is 9.90 Å². The standard InChI is InChI=1S/C13H19NO2S/c1-10(8-11(2)15)9-14-13(16)6-5-12-4-3-7-17-12/h3-7,10-11,15H,8-9H2,1-2H3,(H,14,16). The fourth-order valence-electron chi connectivity index (χ4n) is 1.54. The van der Waals surface area contributed by atoms with Gasteiger partial charge in [-0.2, -0.15) is 0 Å². The molecule has 17 heavy (non-hydrogen) atoms. The SMILES string of the molecule is CC(O)CC(C)CNC(=O)C=Cc1cccs1. The van der Waals surface area contributed by atoms with E-state index in [4.69, 9.17) is 0 Å². The number of carbonyl (C=O) groups is 1. The molecular weight excluding hydrogens is 234 g/mol. The lowest BCUT2D eigenvalue weighted by Crippen LogP contribution is -2.27. The van der Waals surface area contributed by atoms with Crippen molar-refractivity contribution in [2.45, 2.75) is 26.4 Å². The highest BCUT2D eigenvalue weighted by Crippen LogP contribution is 2.10. The summed E-state index contributed by atoms with van der Waals surface area (Å²) in [4.78, 5) is 12.5. The van der Waals surface area contributed by atoms with Crippen molar-refractivity contribution in [3.05, 3.63) is 28.5 Å². The zero-order chi connectivity index (χ0) is 12.7. The molecule has 2 atom stereocenters. The summed E-state index contributed by atoms with van der Waals surface area (Å²) in [5.74, 6) is 0.199. The monoisotopic (exact) mass is 253 g/mol. The molecule has 0 aliphatic carbocycles. The van der Waals surface area contributed by atoms with Crippen molar-refractivity contribution >= 4 is 23.3 Å². The molecule has 2 unspecified atom stereocenters. The van der Waals surface area contributed by atoms with Crippen LogP contribution < -0.4 is 5.32 Å². The molecule has 0 aliphatic heterocycles. The van der Waals surface area contributed by atoms with Gasteiger partial charge in [-0.3, -0.25) is 4.79 Å². The summed E-state index contributed by atoms with van der Waals surface area (Å²) in [6.07, 6.45) is 3.73. The van der Waals surface area contributed by atoms with Crippen molar-refractivity contribution in [3.63, 3.8) is 0 Å². The fraction of sp³-hybridized carbons (Fsp3) is 0.462. The maximum atomic E-state index is 11.5. The molecular formula is C13H19NO2S. The van der Waals surface area contributed by atoms with Gasteiger partial charge in [-0.25, -0.2) is 0 Å². The van der Waals surface area contributed by atoms with Crippen LogP contribution in [-0.4, -0.2) is 23.7 Å². The van der Waals surface area contributed by atoms with E-state index in [2.05, 4.69) is 5.32 Å². The molecule has 1 aromatic rings. The Balaban J connectivity index is 2.26. The van der Waals surface area contributed by atoms with Crippen LogP contribution in [0.1, 0.15) is 25.1 Å². The molecule has 1 amide bonds. The van der Waals surface area contributed by atoms with Gasteiger partial charge in [0.25, 0.3) is 0 Å². The van der Waals surface area contributed by atoms with Gasteiger partial charge in [0.15, 0.2) is 0 Å². The summed E-state index contributed by atoms with van der Waals surface area (Å²) in [7, 11) is 0. The zero-order valence-electron chi connectivity index (χ0n) is 10.2. The first-order valence-corrected chi connectivity index (χ1v) is 6.63. The molecule has 0 radical (unpaired) electrons. The van der Waals surface area contributed by atoms with Gasteiger partial charge < -0.3 is 10.4 Å². The van der Waals surface area contributed by atoms with Gasteiger partial charge in [0, 0.05) is 17.5 Å². The second-order valence-electron chi connectivity index (χ2n) is 4.28. The predicted octanol–water partition coefficient (Wildman–Crippen LogP) is 2.28. The quantitative estimate of drug-likeness (QED) is 0.764. The summed E-state index contributed by atoms with van der Waals surface area (Å²) in [5.41, 5.74) is 0. The molecule has 0 fully saturated rings. The Morgan fingerprint density at radius 1 is 1.59 bits per heavy atom. The summed E-state index contributed by atoms with van der Waals surface area (Å²) in [6.45, 7) is 4.36. The van der Waals surface area contributed by atoms with Gasteiger partial charge in [-0.1, -0.05) is 13.0 Å². The maximum Gasteiger partial charge on any atom is 0.244 e. The maximum absolute atomic E-state index is 11.5. The van der Waals surface area contributed by atoms with Crippen molar-refractivity contribution in [3.8, 4) is 0 Å². The molecule has 0 aromatic carbocycles. The van der Waals surface area contributed by atoms with E-state index < -0.39 is 0 Å². The number of aliphatic hydroxyl groups is 1. The lowest BCUT2D eigenvalue weighted by atomic mass is 10.0. The molecule has 4 heteroatoms. The van der Waals surface area contributed by atoms with E-state index in [1.807, 2.05) is 24.4 Å². The lowest BCUT2D eigenvalue weighted by Gasteiger charge is -2.13. The highest BCUT2D eigenvalue weighted by Gasteiger charge is 2.06. The third kappa shape index (κ3) is 6.24. The number of nitrogens with one attached hydrogen (secondary N) is 1. The Kier molecular flexibility index (Phi) is 5.94. The Bertz CT molecular complexity index is 358. The molecule has 1 aromatic heterocycles. The van der Waals surface area contributed by atoms with Crippen LogP contribution in [0.4, 0.5) is 0 Å². The molecule has 3 nitrogen and oxygen atoms in total. The van der Waals surface area contributed by atoms with Crippen LogP contribution in [0.5, 0.6) is 0 Å². The minimum Gasteiger partial charge on any atom is -0.393 e. The Labute approximate surface area is 106 Å². The van der Waals surface area contributed by atoms with E-state index in [9.17, 15) is 9.90 Å². The summed E-state index contributed by atoms with van der Waals surface area (Å²) in [5, 5.41) is 14.0. The molecule has 1 heterocycles. The average Bonchev–Trinajstić information content (AvgIpc) is 2.75. The van der Waals surface area contributed by atoms with Gasteiger partial charge in [-0.15, -0.1) is 11.3 Å². The van der Waals surface area contributed by atoms with Crippen molar-refractivity contribution in [1.82, 2.24) is 5.32 Å². The fourth-order valence-corrected chi connectivity index (χ4v) is 2.16. The zero-order valence-corrected chi connectivity index (χ0v) is 11.0. The number of thiophene rings is 1. The normalized spacial score (nSPS) is 14.8. The van der Waals surface area contributed by atoms with Gasteiger partial charge in [0.2, 0.25) is 5.91 Å². The summed E-state index contributed by atoms with van der Waals surface area (Å²) >= 11 is 1.60. The van der Waals surface area contributed by atoms with Crippen molar-refractivity contribution in [1.29, 1.82) is 0 Å². The number of amides is 1. The first-order chi connectivity index (χ1) is 8.08. The van der Waals surface area contributed by atoms with Gasteiger partial charge in [0.1, 0.15) is 0 Å². The molecule has 94 valence electrons. The molecule has 0 saturated carbocycles. The van der Waals surface area contributed by atoms with Crippen LogP contribution in [0.2, 0.25) is 0 Å². The van der Waals surface area contributed by atoms with E-state index in [1.165, 1.54) is 0 Å². The Morgan fingerprint density at radius 3 is 2.94 bits per heavy atom. The molecule has 0 saturated heterocycles. The first kappa shape index (κ1) is 13.9. The van der Waals surface area contributed by atoms with E-state index >= 15 is 0 Å². The van der Waals surface area contributed by atoms with E-state index in [1.54, 1.807) is 30.4 Å². The van der Waals surface area contributed by atoms with Crippen LogP contribution in [0.15, 0.2) is 23.6 Å². The Hall–Kier alpha value is -1.13. The van der Waals surface area contributed by atoms with Crippen LogP contribution in [0.25, 0.3) is 6.08 Å². The minimum absolute atomic E-state index is 0.0872. The van der Waals surface area contributed by atoms with Crippen LogP contribution in [0, 0.1) is 5.92 Å². The number of rotatable bonds is 6. The lowest BCUT2D eigenvalue weighted by molar-refractivity contribution is -0.116. The van der Waals surface area contributed by atoms with E-state index in [0.29, 0.717) is 13.0 Å². The Morgan fingerprint density at radius 2 is 2.35 bits per heavy atom. The largest absolute Gasteiger partial charge is 0.393 e. The number of aliphatic hydroxyl groups excluding tert-OH is 1. The van der Waals surface area contributed by atoms with Gasteiger partial charge >= 0.3 is 0 Å². The number of hydrogen-bond acceptors (Lipinski definition) is 3. The molecule has 2 N–H and O–H groups in total. The molecule has 0 bridgehead atoms. The highest BCUT2D eigenvalue weighted by molar-refractivity contribution is 7.10.